The van der Waals surface area contributed by atoms with Crippen molar-refractivity contribution in [3.05, 3.63) is 22.4 Å². The lowest BCUT2D eigenvalue weighted by Crippen LogP contribution is -2.44. The third-order valence-electron chi connectivity index (χ3n) is 2.75. The molecule has 0 saturated carbocycles. The van der Waals surface area contributed by atoms with Gasteiger partial charge >= 0.3 is 0 Å². The lowest BCUT2D eigenvalue weighted by molar-refractivity contribution is 0.185. The number of hydrogen-bond acceptors (Lipinski definition) is 4. The molecule has 2 atom stereocenters. The monoisotopic (exact) mass is 270 g/mol. The van der Waals surface area contributed by atoms with Crippen molar-refractivity contribution in [2.75, 3.05) is 20.8 Å². The molecule has 0 aliphatic carbocycles. The molecular formula is C12H22N4OS. The van der Waals surface area contributed by atoms with Crippen LogP contribution in [0, 0.1) is 0 Å². The Morgan fingerprint density at radius 3 is 2.83 bits per heavy atom. The highest BCUT2D eigenvalue weighted by Crippen LogP contribution is 2.23. The summed E-state index contributed by atoms with van der Waals surface area (Å²) in [5.74, 6) is 6.22. The molecule has 1 heterocycles. The van der Waals surface area contributed by atoms with Crippen molar-refractivity contribution >= 4 is 17.3 Å². The maximum atomic E-state index is 5.55. The van der Waals surface area contributed by atoms with E-state index in [-0.39, 0.29) is 12.1 Å². The highest BCUT2D eigenvalue weighted by atomic mass is 32.1. The van der Waals surface area contributed by atoms with Gasteiger partial charge in [0, 0.05) is 19.0 Å². The Labute approximate surface area is 113 Å². The van der Waals surface area contributed by atoms with Crippen molar-refractivity contribution in [3.63, 3.8) is 0 Å². The quantitative estimate of drug-likeness (QED) is 0.369. The van der Waals surface area contributed by atoms with Crippen LogP contribution >= 0.6 is 11.3 Å². The molecule has 18 heavy (non-hydrogen) atoms. The summed E-state index contributed by atoms with van der Waals surface area (Å²) in [6.07, 6.45) is 0. The number of nitrogens with two attached hydrogens (primary N) is 1. The van der Waals surface area contributed by atoms with Crippen molar-refractivity contribution < 1.29 is 4.74 Å². The Kier molecular flexibility index (Phi) is 6.11. The molecule has 0 aliphatic rings. The highest BCUT2D eigenvalue weighted by Gasteiger charge is 2.16. The van der Waals surface area contributed by atoms with E-state index < -0.39 is 0 Å². The van der Waals surface area contributed by atoms with E-state index in [1.807, 2.05) is 24.9 Å². The molecule has 0 aromatic carbocycles. The van der Waals surface area contributed by atoms with Gasteiger partial charge in [0.05, 0.1) is 18.7 Å². The first-order valence-electron chi connectivity index (χ1n) is 5.89. The molecule has 1 aromatic heterocycles. The largest absolute Gasteiger partial charge is 0.382 e. The van der Waals surface area contributed by atoms with Crippen LogP contribution in [-0.2, 0) is 4.74 Å². The standard InChI is InChI=1S/C12H22N4OS/c1-9(8-17-4)14-12(15-13)16(3)10(2)11-6-5-7-18-11/h5-7,9-10H,8,13H2,1-4H3,(H,14,15). The van der Waals surface area contributed by atoms with Gasteiger partial charge in [-0.05, 0) is 25.3 Å². The van der Waals surface area contributed by atoms with Gasteiger partial charge < -0.3 is 9.64 Å². The smallest absolute Gasteiger partial charge is 0.209 e. The average molecular weight is 270 g/mol. The number of guanidine groups is 1. The first-order chi connectivity index (χ1) is 8.60. The molecule has 6 heteroatoms. The van der Waals surface area contributed by atoms with E-state index in [0.717, 1.165) is 0 Å². The Balaban J connectivity index is 2.75. The molecule has 2 unspecified atom stereocenters. The molecule has 1 rings (SSSR count). The lowest BCUT2D eigenvalue weighted by Gasteiger charge is -2.27. The van der Waals surface area contributed by atoms with E-state index in [1.54, 1.807) is 18.4 Å². The molecule has 0 radical (unpaired) electrons. The summed E-state index contributed by atoms with van der Waals surface area (Å²) < 4.78 is 5.07. The number of methoxy groups -OCH3 is 1. The lowest BCUT2D eigenvalue weighted by atomic mass is 10.2. The minimum absolute atomic E-state index is 0.0686. The summed E-state index contributed by atoms with van der Waals surface area (Å²) in [5.41, 5.74) is 2.66. The van der Waals surface area contributed by atoms with Gasteiger partial charge in [-0.2, -0.15) is 0 Å². The van der Waals surface area contributed by atoms with Gasteiger partial charge in [0.1, 0.15) is 0 Å². The van der Waals surface area contributed by atoms with Crippen LogP contribution in [0.5, 0.6) is 0 Å². The molecule has 5 nitrogen and oxygen atoms in total. The fraction of sp³-hybridized carbons (Fsp3) is 0.583. The van der Waals surface area contributed by atoms with Crippen molar-refractivity contribution in [2.45, 2.75) is 25.9 Å². The average Bonchev–Trinajstić information content (AvgIpc) is 2.88. The zero-order chi connectivity index (χ0) is 13.5. The number of nitrogens with one attached hydrogen (secondary N) is 1. The second-order valence-electron chi connectivity index (χ2n) is 4.20. The van der Waals surface area contributed by atoms with Crippen LogP contribution in [0.4, 0.5) is 0 Å². The highest BCUT2D eigenvalue weighted by molar-refractivity contribution is 7.10. The minimum Gasteiger partial charge on any atom is -0.382 e. The van der Waals surface area contributed by atoms with Crippen LogP contribution in [-0.4, -0.2) is 37.7 Å². The molecule has 0 spiro atoms. The summed E-state index contributed by atoms with van der Waals surface area (Å²) in [6, 6.07) is 4.46. The maximum absolute atomic E-state index is 5.55. The first kappa shape index (κ1) is 14.9. The van der Waals surface area contributed by atoms with Crippen LogP contribution in [0.15, 0.2) is 22.5 Å². The third kappa shape index (κ3) is 3.97. The number of ether oxygens (including phenoxy) is 1. The van der Waals surface area contributed by atoms with Crippen LogP contribution in [0.1, 0.15) is 24.8 Å². The van der Waals surface area contributed by atoms with E-state index in [9.17, 15) is 0 Å². The molecule has 102 valence electrons. The Morgan fingerprint density at radius 2 is 2.33 bits per heavy atom. The normalized spacial score (nSPS) is 15.3. The number of hydrogen-bond donors (Lipinski definition) is 2. The molecule has 0 bridgehead atoms. The molecule has 3 N–H and O–H groups in total. The third-order valence-corrected chi connectivity index (χ3v) is 3.79. The Morgan fingerprint density at radius 1 is 1.61 bits per heavy atom. The number of hydrazine groups is 1. The summed E-state index contributed by atoms with van der Waals surface area (Å²) in [7, 11) is 3.64. The minimum atomic E-state index is 0.0686. The molecular weight excluding hydrogens is 248 g/mol. The second kappa shape index (κ2) is 7.35. The van der Waals surface area contributed by atoms with E-state index in [4.69, 9.17) is 10.6 Å². The van der Waals surface area contributed by atoms with E-state index in [1.165, 1.54) is 4.88 Å². The Hall–Kier alpha value is -1.11. The van der Waals surface area contributed by atoms with Crippen LogP contribution in [0.2, 0.25) is 0 Å². The van der Waals surface area contributed by atoms with Crippen molar-refractivity contribution in [2.24, 2.45) is 10.8 Å². The topological polar surface area (TPSA) is 62.9 Å². The molecule has 1 aromatic rings. The molecule has 0 aliphatic heterocycles. The van der Waals surface area contributed by atoms with Crippen molar-refractivity contribution in [3.8, 4) is 0 Å². The fourth-order valence-corrected chi connectivity index (χ4v) is 2.45. The summed E-state index contributed by atoms with van der Waals surface area (Å²) in [5, 5.41) is 2.07. The van der Waals surface area contributed by atoms with Gasteiger partial charge in [-0.3, -0.25) is 5.43 Å². The van der Waals surface area contributed by atoms with Gasteiger partial charge in [-0.25, -0.2) is 10.8 Å². The van der Waals surface area contributed by atoms with Crippen LogP contribution in [0.25, 0.3) is 0 Å². The van der Waals surface area contributed by atoms with E-state index in [2.05, 4.69) is 28.8 Å². The van der Waals surface area contributed by atoms with E-state index >= 15 is 0 Å². The van der Waals surface area contributed by atoms with Crippen LogP contribution in [0.3, 0.4) is 0 Å². The molecule has 0 saturated heterocycles. The zero-order valence-electron chi connectivity index (χ0n) is 11.4. The van der Waals surface area contributed by atoms with Crippen molar-refractivity contribution in [1.82, 2.24) is 10.3 Å². The summed E-state index contributed by atoms with van der Waals surface area (Å²) in [6.45, 7) is 4.69. The maximum Gasteiger partial charge on any atom is 0.209 e. The van der Waals surface area contributed by atoms with Gasteiger partial charge in [-0.15, -0.1) is 11.3 Å². The summed E-state index contributed by atoms with van der Waals surface area (Å²) >= 11 is 1.73. The van der Waals surface area contributed by atoms with Gasteiger partial charge in [-0.1, -0.05) is 6.07 Å². The SMILES string of the molecule is COCC(C)N=C(NN)N(C)C(C)c1cccs1. The number of nitrogens with zero attached hydrogens (tertiary/aromatic N) is 2. The number of aliphatic imine (C=N–C) groups is 1. The second-order valence-corrected chi connectivity index (χ2v) is 5.18. The zero-order valence-corrected chi connectivity index (χ0v) is 12.2. The van der Waals surface area contributed by atoms with Gasteiger partial charge in [0.15, 0.2) is 0 Å². The fourth-order valence-electron chi connectivity index (χ4n) is 1.62. The van der Waals surface area contributed by atoms with Crippen molar-refractivity contribution in [1.29, 1.82) is 0 Å². The molecule has 0 amide bonds. The summed E-state index contributed by atoms with van der Waals surface area (Å²) in [4.78, 5) is 7.81. The van der Waals surface area contributed by atoms with E-state index in [0.29, 0.717) is 12.6 Å². The van der Waals surface area contributed by atoms with Crippen LogP contribution < -0.4 is 11.3 Å². The Bertz CT molecular complexity index is 366. The number of thiophene rings is 1. The molecule has 0 fully saturated rings. The van der Waals surface area contributed by atoms with Gasteiger partial charge in [0.25, 0.3) is 0 Å². The van der Waals surface area contributed by atoms with Gasteiger partial charge in [0.2, 0.25) is 5.96 Å². The predicted octanol–water partition coefficient (Wildman–Crippen LogP) is 1.60. The first-order valence-corrected chi connectivity index (χ1v) is 6.77. The number of rotatable bonds is 5. The predicted molar refractivity (Wildman–Crippen MR) is 76.6 cm³/mol.